The molecule has 0 radical (unpaired) electrons. The van der Waals surface area contributed by atoms with Crippen LogP contribution in [0.4, 0.5) is 0 Å². The van der Waals surface area contributed by atoms with E-state index in [1.807, 2.05) is 41.3 Å². The summed E-state index contributed by atoms with van der Waals surface area (Å²) in [5.74, 6) is 1.79. The van der Waals surface area contributed by atoms with Crippen molar-refractivity contribution in [2.45, 2.75) is 31.7 Å². The first-order valence-electron chi connectivity index (χ1n) is 10.5. The van der Waals surface area contributed by atoms with E-state index >= 15 is 0 Å². The van der Waals surface area contributed by atoms with E-state index in [1.165, 1.54) is 0 Å². The molecule has 162 valence electrons. The van der Waals surface area contributed by atoms with Gasteiger partial charge in [-0.2, -0.15) is 0 Å². The van der Waals surface area contributed by atoms with Crippen LogP contribution in [0.25, 0.3) is 10.9 Å². The van der Waals surface area contributed by atoms with Gasteiger partial charge in [0.2, 0.25) is 5.91 Å². The highest BCUT2D eigenvalue weighted by molar-refractivity contribution is 5.77. The van der Waals surface area contributed by atoms with Crippen LogP contribution in [-0.4, -0.2) is 47.7 Å². The Balaban J connectivity index is 1.36. The van der Waals surface area contributed by atoms with Crippen molar-refractivity contribution in [3.63, 3.8) is 0 Å². The lowest BCUT2D eigenvalue weighted by molar-refractivity contribution is -0.130. The molecule has 1 amide bonds. The highest BCUT2D eigenvalue weighted by Crippen LogP contribution is 2.39. The number of rotatable bonds is 7. The maximum atomic E-state index is 12.8. The van der Waals surface area contributed by atoms with Gasteiger partial charge in [0.25, 0.3) is 5.56 Å². The minimum atomic E-state index is -0.0654. The summed E-state index contributed by atoms with van der Waals surface area (Å²) in [6.45, 7) is 1.87. The van der Waals surface area contributed by atoms with Crippen molar-refractivity contribution in [3.8, 4) is 11.5 Å². The molecule has 4 rings (SSSR count). The molecule has 1 aromatic heterocycles. The number of methoxy groups -OCH3 is 2. The van der Waals surface area contributed by atoms with Crippen molar-refractivity contribution in [3.05, 3.63) is 64.7 Å². The van der Waals surface area contributed by atoms with Gasteiger partial charge in [0.1, 0.15) is 0 Å². The van der Waals surface area contributed by atoms with Crippen LogP contribution in [0, 0.1) is 0 Å². The monoisotopic (exact) mass is 421 g/mol. The quantitative estimate of drug-likeness (QED) is 0.586. The summed E-state index contributed by atoms with van der Waals surface area (Å²) in [5.41, 5.74) is 1.70. The number of aromatic nitrogens is 2. The second-order valence-electron chi connectivity index (χ2n) is 7.77. The lowest BCUT2D eigenvalue weighted by Gasteiger charge is -2.19. The summed E-state index contributed by atoms with van der Waals surface area (Å²) in [5, 5.41) is 0.603. The van der Waals surface area contributed by atoms with Gasteiger partial charge in [-0.25, -0.2) is 4.98 Å². The zero-order chi connectivity index (χ0) is 21.8. The van der Waals surface area contributed by atoms with Crippen LogP contribution in [0.2, 0.25) is 0 Å². The smallest absolute Gasteiger partial charge is 0.261 e. The van der Waals surface area contributed by atoms with Gasteiger partial charge in [0, 0.05) is 37.5 Å². The van der Waals surface area contributed by atoms with E-state index < -0.39 is 0 Å². The van der Waals surface area contributed by atoms with E-state index in [1.54, 1.807) is 31.2 Å². The molecule has 31 heavy (non-hydrogen) atoms. The van der Waals surface area contributed by atoms with Crippen molar-refractivity contribution >= 4 is 16.8 Å². The summed E-state index contributed by atoms with van der Waals surface area (Å²) < 4.78 is 12.6. The third-order valence-electron chi connectivity index (χ3n) is 5.94. The fraction of sp³-hybridized carbons (Fsp3) is 0.375. The normalized spacial score (nSPS) is 15.9. The first kappa shape index (κ1) is 20.9. The number of fused-ring (bicyclic) bond motifs is 1. The largest absolute Gasteiger partial charge is 0.493 e. The Morgan fingerprint density at radius 2 is 1.97 bits per heavy atom. The number of nitrogens with zero attached hydrogens (tertiary/aromatic N) is 3. The summed E-state index contributed by atoms with van der Waals surface area (Å²) in [6.07, 6.45) is 3.46. The first-order valence-corrected chi connectivity index (χ1v) is 10.5. The Morgan fingerprint density at radius 1 is 1.13 bits per heavy atom. The number of ether oxygens (including phenoxy) is 2. The van der Waals surface area contributed by atoms with Crippen molar-refractivity contribution in [1.82, 2.24) is 14.5 Å². The van der Waals surface area contributed by atoms with Gasteiger partial charge in [0.05, 0.1) is 31.4 Å². The number of aryl methyl sites for hydroxylation is 1. The third-order valence-corrected chi connectivity index (χ3v) is 5.94. The second kappa shape index (κ2) is 9.20. The van der Waals surface area contributed by atoms with Crippen LogP contribution < -0.4 is 15.0 Å². The van der Waals surface area contributed by atoms with Crippen molar-refractivity contribution in [2.24, 2.45) is 0 Å². The fourth-order valence-electron chi connectivity index (χ4n) is 4.30. The molecule has 1 aliphatic rings. The summed E-state index contributed by atoms with van der Waals surface area (Å²) in [7, 11) is 3.27. The summed E-state index contributed by atoms with van der Waals surface area (Å²) >= 11 is 0. The van der Waals surface area contributed by atoms with Gasteiger partial charge in [-0.3, -0.25) is 14.2 Å². The topological polar surface area (TPSA) is 73.7 Å². The molecule has 7 nitrogen and oxygen atoms in total. The molecule has 0 bridgehead atoms. The SMILES string of the molecule is COc1cccc(C2CCN(C(=O)CCCn3cnc4ccccc4c3=O)C2)c1OC. The van der Waals surface area contributed by atoms with Crippen LogP contribution in [0.15, 0.2) is 53.6 Å². The van der Waals surface area contributed by atoms with E-state index in [0.717, 1.165) is 24.3 Å². The highest BCUT2D eigenvalue weighted by atomic mass is 16.5. The average Bonchev–Trinajstić information content (AvgIpc) is 3.30. The Morgan fingerprint density at radius 3 is 2.77 bits per heavy atom. The number of likely N-dealkylation sites (tertiary alicyclic amines) is 1. The number of para-hydroxylation sites is 2. The fourth-order valence-corrected chi connectivity index (χ4v) is 4.30. The molecular formula is C24H27N3O4. The lowest BCUT2D eigenvalue weighted by atomic mass is 9.97. The minimum absolute atomic E-state index is 0.0654. The first-order chi connectivity index (χ1) is 15.1. The summed E-state index contributed by atoms with van der Waals surface area (Å²) in [4.78, 5) is 31.6. The molecule has 0 N–H and O–H groups in total. The van der Waals surface area contributed by atoms with E-state index in [2.05, 4.69) is 4.98 Å². The van der Waals surface area contributed by atoms with Gasteiger partial charge >= 0.3 is 0 Å². The van der Waals surface area contributed by atoms with Crippen LogP contribution in [-0.2, 0) is 11.3 Å². The molecule has 1 fully saturated rings. The van der Waals surface area contributed by atoms with Crippen molar-refractivity contribution in [2.75, 3.05) is 27.3 Å². The van der Waals surface area contributed by atoms with Crippen molar-refractivity contribution < 1.29 is 14.3 Å². The molecule has 2 aromatic carbocycles. The Hall–Kier alpha value is -3.35. The predicted molar refractivity (Wildman–Crippen MR) is 119 cm³/mol. The number of hydrogen-bond donors (Lipinski definition) is 0. The number of benzene rings is 2. The Kier molecular flexibility index (Phi) is 6.21. The molecule has 0 saturated carbocycles. The van der Waals surface area contributed by atoms with E-state index in [0.29, 0.717) is 42.6 Å². The standard InChI is InChI=1S/C24H27N3O4/c1-30-21-10-5-8-18(23(21)31-2)17-12-14-26(15-17)22(28)11-6-13-27-16-25-20-9-4-3-7-19(20)24(27)29/h3-5,7-10,16-17H,6,11-15H2,1-2H3. The minimum Gasteiger partial charge on any atom is -0.493 e. The third kappa shape index (κ3) is 4.26. The van der Waals surface area contributed by atoms with Gasteiger partial charge in [-0.15, -0.1) is 0 Å². The molecular weight excluding hydrogens is 394 g/mol. The molecule has 0 spiro atoms. The molecule has 0 aliphatic carbocycles. The Labute approximate surface area is 181 Å². The van der Waals surface area contributed by atoms with Crippen LogP contribution >= 0.6 is 0 Å². The molecule has 1 atom stereocenters. The van der Waals surface area contributed by atoms with E-state index in [4.69, 9.17) is 9.47 Å². The second-order valence-corrected chi connectivity index (χ2v) is 7.77. The van der Waals surface area contributed by atoms with Gasteiger partial charge in [-0.05, 0) is 31.0 Å². The van der Waals surface area contributed by atoms with Gasteiger partial charge in [-0.1, -0.05) is 24.3 Å². The van der Waals surface area contributed by atoms with Crippen LogP contribution in [0.5, 0.6) is 11.5 Å². The predicted octanol–water partition coefficient (Wildman–Crippen LogP) is 3.21. The maximum absolute atomic E-state index is 12.8. The zero-order valence-corrected chi connectivity index (χ0v) is 17.9. The molecule has 3 aromatic rings. The molecule has 1 unspecified atom stereocenters. The molecule has 2 heterocycles. The number of hydrogen-bond acceptors (Lipinski definition) is 5. The number of carbonyl (C=O) groups is 1. The van der Waals surface area contributed by atoms with Crippen molar-refractivity contribution in [1.29, 1.82) is 0 Å². The van der Waals surface area contributed by atoms with Gasteiger partial charge in [0.15, 0.2) is 11.5 Å². The van der Waals surface area contributed by atoms with Crippen LogP contribution in [0.3, 0.4) is 0 Å². The summed E-state index contributed by atoms with van der Waals surface area (Å²) in [6, 6.07) is 13.2. The van der Waals surface area contributed by atoms with Gasteiger partial charge < -0.3 is 14.4 Å². The highest BCUT2D eigenvalue weighted by Gasteiger charge is 2.29. The average molecular weight is 421 g/mol. The lowest BCUT2D eigenvalue weighted by Crippen LogP contribution is -2.29. The van der Waals surface area contributed by atoms with Crippen LogP contribution in [0.1, 0.15) is 30.7 Å². The molecule has 1 saturated heterocycles. The zero-order valence-electron chi connectivity index (χ0n) is 17.9. The Bertz CT molecular complexity index is 1140. The molecule has 1 aliphatic heterocycles. The number of carbonyl (C=O) groups excluding carboxylic acids is 1. The van der Waals surface area contributed by atoms with E-state index in [-0.39, 0.29) is 17.4 Å². The van der Waals surface area contributed by atoms with E-state index in [9.17, 15) is 9.59 Å². The number of amides is 1. The molecule has 7 heteroatoms. The maximum Gasteiger partial charge on any atom is 0.261 e.